The van der Waals surface area contributed by atoms with Crippen molar-refractivity contribution in [1.29, 1.82) is 0 Å². The van der Waals surface area contributed by atoms with Gasteiger partial charge in [-0.15, -0.1) is 0 Å². The molecule has 0 N–H and O–H groups in total. The summed E-state index contributed by atoms with van der Waals surface area (Å²) in [5.41, 5.74) is 1.04. The normalized spacial score (nSPS) is 10.8. The first kappa shape index (κ1) is 19.1. The summed E-state index contributed by atoms with van der Waals surface area (Å²) in [6, 6.07) is 8.00. The average molecular weight is 304 g/mol. The van der Waals surface area contributed by atoms with Crippen molar-refractivity contribution in [2.24, 2.45) is 0 Å². The van der Waals surface area contributed by atoms with Crippen LogP contribution in [0, 0.1) is 6.92 Å². The fourth-order valence-electron chi connectivity index (χ4n) is 2.72. The molecule has 0 aliphatic heterocycles. The maximum absolute atomic E-state index is 5.73. The topological polar surface area (TPSA) is 9.23 Å². The molecule has 0 heterocycles. The molecule has 1 aromatic carbocycles. The van der Waals surface area contributed by atoms with Crippen LogP contribution in [0.1, 0.15) is 89.5 Å². The Labute approximate surface area is 138 Å². The number of hydrogen-bond acceptors (Lipinski definition) is 1. The standard InChI is InChI=1S/C21H35O/c1-3-4-5-6-7-8-9-10-11-12-13-14-19-22-21-17-15-20(2)16-18-21/h15-18H,2-14,19H2,1H3. The molecule has 0 unspecified atom stereocenters. The van der Waals surface area contributed by atoms with E-state index in [4.69, 9.17) is 4.74 Å². The lowest BCUT2D eigenvalue weighted by atomic mass is 10.1. The molecule has 0 saturated carbocycles. The summed E-state index contributed by atoms with van der Waals surface area (Å²) in [4.78, 5) is 0. The largest absolute Gasteiger partial charge is 0.494 e. The third kappa shape index (κ3) is 10.7. The summed E-state index contributed by atoms with van der Waals surface area (Å²) in [5, 5.41) is 0. The third-order valence-electron chi connectivity index (χ3n) is 4.19. The van der Waals surface area contributed by atoms with Gasteiger partial charge in [-0.05, 0) is 31.0 Å². The molecule has 0 aliphatic carbocycles. The van der Waals surface area contributed by atoms with E-state index in [1.165, 1.54) is 77.0 Å². The summed E-state index contributed by atoms with van der Waals surface area (Å²) < 4.78 is 5.73. The Hall–Kier alpha value is -0.980. The second kappa shape index (κ2) is 13.7. The van der Waals surface area contributed by atoms with E-state index < -0.39 is 0 Å². The number of rotatable bonds is 14. The van der Waals surface area contributed by atoms with E-state index in [-0.39, 0.29) is 0 Å². The molecule has 1 heteroatoms. The average Bonchev–Trinajstić information content (AvgIpc) is 2.53. The van der Waals surface area contributed by atoms with Crippen molar-refractivity contribution in [2.75, 3.05) is 6.61 Å². The molecule has 0 aliphatic rings. The Morgan fingerprint density at radius 3 is 1.64 bits per heavy atom. The molecule has 1 radical (unpaired) electrons. The molecular formula is C21H35O. The number of ether oxygens (including phenoxy) is 1. The van der Waals surface area contributed by atoms with Crippen molar-refractivity contribution in [3.05, 3.63) is 36.8 Å². The van der Waals surface area contributed by atoms with Gasteiger partial charge in [0.1, 0.15) is 5.75 Å². The monoisotopic (exact) mass is 303 g/mol. The lowest BCUT2D eigenvalue weighted by Crippen LogP contribution is -1.97. The van der Waals surface area contributed by atoms with Crippen LogP contribution in [0.3, 0.4) is 0 Å². The Balaban J connectivity index is 1.79. The molecule has 0 saturated heterocycles. The zero-order valence-electron chi connectivity index (χ0n) is 14.6. The maximum atomic E-state index is 5.73. The molecule has 22 heavy (non-hydrogen) atoms. The molecule has 1 aromatic rings. The minimum atomic E-state index is 0.841. The molecule has 0 atom stereocenters. The van der Waals surface area contributed by atoms with Crippen LogP contribution < -0.4 is 4.74 Å². The zero-order chi connectivity index (χ0) is 15.9. The molecule has 125 valence electrons. The minimum absolute atomic E-state index is 0.841. The molecule has 0 amide bonds. The van der Waals surface area contributed by atoms with Gasteiger partial charge in [-0.25, -0.2) is 0 Å². The van der Waals surface area contributed by atoms with Crippen molar-refractivity contribution >= 4 is 0 Å². The SMILES string of the molecule is [CH2]c1ccc(OCCCCCCCCCCCCCC)cc1. The van der Waals surface area contributed by atoms with Crippen LogP contribution in [0.4, 0.5) is 0 Å². The van der Waals surface area contributed by atoms with Gasteiger partial charge in [0.15, 0.2) is 0 Å². The third-order valence-corrected chi connectivity index (χ3v) is 4.19. The molecule has 0 aromatic heterocycles. The van der Waals surface area contributed by atoms with Gasteiger partial charge in [0.25, 0.3) is 0 Å². The predicted octanol–water partition coefficient (Wildman–Crippen LogP) is 6.95. The molecule has 0 fully saturated rings. The summed E-state index contributed by atoms with van der Waals surface area (Å²) in [5.74, 6) is 0.968. The number of unbranched alkanes of at least 4 members (excludes halogenated alkanes) is 11. The van der Waals surface area contributed by atoms with Crippen molar-refractivity contribution in [1.82, 2.24) is 0 Å². The number of hydrogen-bond donors (Lipinski definition) is 0. The van der Waals surface area contributed by atoms with E-state index in [1.54, 1.807) is 0 Å². The Morgan fingerprint density at radius 2 is 1.14 bits per heavy atom. The van der Waals surface area contributed by atoms with Crippen molar-refractivity contribution in [2.45, 2.75) is 84.0 Å². The van der Waals surface area contributed by atoms with Crippen LogP contribution >= 0.6 is 0 Å². The predicted molar refractivity (Wildman–Crippen MR) is 97.5 cm³/mol. The summed E-state index contributed by atoms with van der Waals surface area (Å²) in [6.07, 6.45) is 16.6. The highest BCUT2D eigenvalue weighted by atomic mass is 16.5. The Bertz CT molecular complexity index is 341. The first-order chi connectivity index (χ1) is 10.8. The maximum Gasteiger partial charge on any atom is 0.119 e. The minimum Gasteiger partial charge on any atom is -0.494 e. The summed E-state index contributed by atoms with van der Waals surface area (Å²) in [6.45, 7) is 7.00. The quantitative estimate of drug-likeness (QED) is 0.338. The highest BCUT2D eigenvalue weighted by Gasteiger charge is 1.95. The van der Waals surface area contributed by atoms with Gasteiger partial charge in [-0.3, -0.25) is 0 Å². The molecular weight excluding hydrogens is 268 g/mol. The second-order valence-corrected chi connectivity index (χ2v) is 6.38. The van der Waals surface area contributed by atoms with Crippen LogP contribution in [0.25, 0.3) is 0 Å². The van der Waals surface area contributed by atoms with Gasteiger partial charge in [-0.2, -0.15) is 0 Å². The zero-order valence-corrected chi connectivity index (χ0v) is 14.6. The van der Waals surface area contributed by atoms with E-state index in [9.17, 15) is 0 Å². The molecule has 1 rings (SSSR count). The summed E-state index contributed by atoms with van der Waals surface area (Å²) >= 11 is 0. The fraction of sp³-hybridized carbons (Fsp3) is 0.667. The first-order valence-electron chi connectivity index (χ1n) is 9.37. The van der Waals surface area contributed by atoms with Crippen LogP contribution in [-0.4, -0.2) is 6.61 Å². The molecule has 0 spiro atoms. The van der Waals surface area contributed by atoms with Gasteiger partial charge >= 0.3 is 0 Å². The van der Waals surface area contributed by atoms with Gasteiger partial charge in [0.2, 0.25) is 0 Å². The van der Waals surface area contributed by atoms with Gasteiger partial charge in [0, 0.05) is 0 Å². The van der Waals surface area contributed by atoms with E-state index in [2.05, 4.69) is 13.8 Å². The van der Waals surface area contributed by atoms with E-state index in [0.29, 0.717) is 0 Å². The van der Waals surface area contributed by atoms with Gasteiger partial charge in [-0.1, -0.05) is 89.7 Å². The Morgan fingerprint density at radius 1 is 0.682 bits per heavy atom. The highest BCUT2D eigenvalue weighted by Crippen LogP contribution is 2.14. The van der Waals surface area contributed by atoms with Gasteiger partial charge < -0.3 is 4.74 Å². The van der Waals surface area contributed by atoms with Crippen LogP contribution in [-0.2, 0) is 0 Å². The van der Waals surface area contributed by atoms with E-state index in [0.717, 1.165) is 17.9 Å². The van der Waals surface area contributed by atoms with E-state index in [1.807, 2.05) is 24.3 Å². The van der Waals surface area contributed by atoms with Crippen molar-refractivity contribution < 1.29 is 4.74 Å². The van der Waals surface area contributed by atoms with Gasteiger partial charge in [0.05, 0.1) is 6.61 Å². The number of benzene rings is 1. The van der Waals surface area contributed by atoms with E-state index >= 15 is 0 Å². The van der Waals surface area contributed by atoms with Crippen molar-refractivity contribution in [3.63, 3.8) is 0 Å². The smallest absolute Gasteiger partial charge is 0.119 e. The second-order valence-electron chi connectivity index (χ2n) is 6.38. The summed E-state index contributed by atoms with van der Waals surface area (Å²) in [7, 11) is 0. The fourth-order valence-corrected chi connectivity index (χ4v) is 2.72. The first-order valence-corrected chi connectivity index (χ1v) is 9.37. The highest BCUT2D eigenvalue weighted by molar-refractivity contribution is 5.28. The van der Waals surface area contributed by atoms with Crippen molar-refractivity contribution in [3.8, 4) is 5.75 Å². The Kier molecular flexibility index (Phi) is 11.8. The van der Waals surface area contributed by atoms with Crippen LogP contribution in [0.15, 0.2) is 24.3 Å². The molecule has 1 nitrogen and oxygen atoms in total. The molecule has 0 bridgehead atoms. The lowest BCUT2D eigenvalue weighted by molar-refractivity contribution is 0.304. The van der Waals surface area contributed by atoms with Crippen LogP contribution in [0.2, 0.25) is 0 Å². The van der Waals surface area contributed by atoms with Crippen LogP contribution in [0.5, 0.6) is 5.75 Å². The lowest BCUT2D eigenvalue weighted by Gasteiger charge is -2.06.